The van der Waals surface area contributed by atoms with Crippen LogP contribution in [0.25, 0.3) is 0 Å². The average molecular weight is 625 g/mol. The van der Waals surface area contributed by atoms with Gasteiger partial charge in [0.15, 0.2) is 18.1 Å². The number of carbonyl (C=O) groups excluding carboxylic acids is 3. The molecule has 0 heterocycles. The summed E-state index contributed by atoms with van der Waals surface area (Å²) in [6, 6.07) is 15.3. The molecule has 0 aliphatic carbocycles. The summed E-state index contributed by atoms with van der Waals surface area (Å²) in [6.07, 6.45) is 1.29. The van der Waals surface area contributed by atoms with Crippen molar-refractivity contribution in [2.75, 3.05) is 24.4 Å². The zero-order chi connectivity index (χ0) is 26.1. The van der Waals surface area contributed by atoms with E-state index in [0.717, 1.165) is 6.07 Å². The lowest BCUT2D eigenvalue weighted by atomic mass is 10.2. The summed E-state index contributed by atoms with van der Waals surface area (Å²) in [5.41, 5.74) is 3.04. The van der Waals surface area contributed by atoms with Crippen LogP contribution in [0.4, 0.5) is 15.8 Å². The highest BCUT2D eigenvalue weighted by atomic mass is 127. The van der Waals surface area contributed by atoms with Gasteiger partial charge in [-0.25, -0.2) is 9.82 Å². The number of ether oxygens (including phenoxy) is 2. The van der Waals surface area contributed by atoms with E-state index in [2.05, 4.69) is 21.2 Å². The quantitative estimate of drug-likeness (QED) is 0.150. The van der Waals surface area contributed by atoms with Crippen LogP contribution in [0.2, 0.25) is 5.02 Å². The normalized spacial score (nSPS) is 10.6. The minimum absolute atomic E-state index is 0.127. The maximum Gasteiger partial charge on any atom is 0.329 e. The van der Waals surface area contributed by atoms with E-state index in [1.807, 2.05) is 22.6 Å². The van der Waals surface area contributed by atoms with Gasteiger partial charge in [-0.2, -0.15) is 5.10 Å². The first-order chi connectivity index (χ1) is 17.3. The molecule has 3 aromatic rings. The van der Waals surface area contributed by atoms with Crippen LogP contribution in [0, 0.1) is 9.39 Å². The summed E-state index contributed by atoms with van der Waals surface area (Å²) in [6.45, 7) is -0.268. The number of anilines is 2. The van der Waals surface area contributed by atoms with Crippen molar-refractivity contribution < 1.29 is 28.2 Å². The Morgan fingerprint density at radius 1 is 1.06 bits per heavy atom. The van der Waals surface area contributed by atoms with E-state index in [0.29, 0.717) is 31.3 Å². The Hall–Kier alpha value is -3.71. The van der Waals surface area contributed by atoms with E-state index in [4.69, 9.17) is 21.1 Å². The molecule has 36 heavy (non-hydrogen) atoms. The van der Waals surface area contributed by atoms with Crippen molar-refractivity contribution in [3.8, 4) is 11.5 Å². The molecule has 3 rings (SSSR count). The molecular weight excluding hydrogens is 606 g/mol. The molecule has 12 heteroatoms. The summed E-state index contributed by atoms with van der Waals surface area (Å²) in [5, 5.41) is 9.15. The van der Waals surface area contributed by atoms with Crippen LogP contribution in [0.5, 0.6) is 11.5 Å². The fraction of sp³-hybridized carbons (Fsp3) is 0.0833. The summed E-state index contributed by atoms with van der Waals surface area (Å²) < 4.78 is 25.2. The fourth-order valence-corrected chi connectivity index (χ4v) is 3.69. The van der Waals surface area contributed by atoms with E-state index in [1.54, 1.807) is 36.4 Å². The molecule has 0 bridgehead atoms. The summed E-state index contributed by atoms with van der Waals surface area (Å²) in [7, 11) is 1.43. The molecule has 0 saturated heterocycles. The Labute approximate surface area is 224 Å². The monoisotopic (exact) mass is 624 g/mol. The van der Waals surface area contributed by atoms with Crippen molar-refractivity contribution in [3.63, 3.8) is 0 Å². The van der Waals surface area contributed by atoms with Gasteiger partial charge < -0.3 is 20.1 Å². The molecule has 3 aromatic carbocycles. The number of benzene rings is 3. The first-order valence-corrected chi connectivity index (χ1v) is 11.7. The predicted octanol–water partition coefficient (Wildman–Crippen LogP) is 4.20. The van der Waals surface area contributed by atoms with E-state index >= 15 is 0 Å². The lowest BCUT2D eigenvalue weighted by Crippen LogP contribution is -2.32. The Morgan fingerprint density at radius 3 is 2.47 bits per heavy atom. The number of amides is 3. The van der Waals surface area contributed by atoms with Crippen LogP contribution >= 0.6 is 34.2 Å². The Bertz CT molecular complexity index is 1300. The van der Waals surface area contributed by atoms with Crippen molar-refractivity contribution >= 4 is 69.5 Å². The van der Waals surface area contributed by atoms with Crippen LogP contribution in [-0.4, -0.2) is 37.7 Å². The number of para-hydroxylation sites is 1. The first-order valence-electron chi connectivity index (χ1n) is 10.2. The number of rotatable bonds is 8. The van der Waals surface area contributed by atoms with Gasteiger partial charge in [0.05, 0.1) is 22.6 Å². The second-order valence-electron chi connectivity index (χ2n) is 7.01. The highest BCUT2D eigenvalue weighted by Crippen LogP contribution is 2.33. The fourth-order valence-electron chi connectivity index (χ4n) is 2.78. The van der Waals surface area contributed by atoms with Crippen LogP contribution in [0.3, 0.4) is 0 Å². The molecule has 0 saturated carbocycles. The largest absolute Gasteiger partial charge is 0.493 e. The van der Waals surface area contributed by atoms with Crippen LogP contribution in [0.1, 0.15) is 5.56 Å². The van der Waals surface area contributed by atoms with Crippen LogP contribution < -0.4 is 25.5 Å². The first kappa shape index (κ1) is 26.9. The summed E-state index contributed by atoms with van der Waals surface area (Å²) in [5.74, 6) is -2.54. The number of hydrazone groups is 1. The molecule has 0 unspecified atom stereocenters. The van der Waals surface area contributed by atoms with Gasteiger partial charge in [0.2, 0.25) is 0 Å². The van der Waals surface area contributed by atoms with Gasteiger partial charge in [0.1, 0.15) is 5.82 Å². The highest BCUT2D eigenvalue weighted by Gasteiger charge is 2.16. The van der Waals surface area contributed by atoms with Gasteiger partial charge in [-0.1, -0.05) is 23.7 Å². The minimum Gasteiger partial charge on any atom is -0.493 e. The molecule has 186 valence electrons. The molecular formula is C24H19ClFIN4O5. The molecule has 0 aromatic heterocycles. The van der Waals surface area contributed by atoms with Crippen molar-refractivity contribution in [3.05, 3.63) is 80.6 Å². The lowest BCUT2D eigenvalue weighted by molar-refractivity contribution is -0.136. The highest BCUT2D eigenvalue weighted by molar-refractivity contribution is 14.1. The van der Waals surface area contributed by atoms with Crippen molar-refractivity contribution in [1.29, 1.82) is 0 Å². The van der Waals surface area contributed by atoms with Crippen LogP contribution in [0.15, 0.2) is 65.8 Å². The predicted molar refractivity (Wildman–Crippen MR) is 142 cm³/mol. The Balaban J connectivity index is 1.58. The molecule has 0 atom stereocenters. The van der Waals surface area contributed by atoms with E-state index in [1.165, 1.54) is 31.5 Å². The van der Waals surface area contributed by atoms with E-state index in [-0.39, 0.29) is 18.2 Å². The van der Waals surface area contributed by atoms with Gasteiger partial charge in [-0.05, 0) is 76.7 Å². The topological polar surface area (TPSA) is 118 Å². The van der Waals surface area contributed by atoms with Crippen molar-refractivity contribution in [1.82, 2.24) is 5.43 Å². The van der Waals surface area contributed by atoms with Gasteiger partial charge in [0, 0.05) is 10.7 Å². The molecule has 0 spiro atoms. The number of carbonyl (C=O) groups is 3. The van der Waals surface area contributed by atoms with Crippen LogP contribution in [-0.2, 0) is 14.4 Å². The molecule has 3 N–H and O–H groups in total. The second-order valence-corrected chi connectivity index (χ2v) is 8.61. The van der Waals surface area contributed by atoms with Gasteiger partial charge in [-0.3, -0.25) is 14.4 Å². The lowest BCUT2D eigenvalue weighted by Gasteiger charge is -2.13. The number of hydrogen-bond acceptors (Lipinski definition) is 6. The van der Waals surface area contributed by atoms with Crippen molar-refractivity contribution in [2.24, 2.45) is 5.10 Å². The average Bonchev–Trinajstić information content (AvgIpc) is 2.85. The third-order valence-electron chi connectivity index (χ3n) is 4.44. The smallest absolute Gasteiger partial charge is 0.329 e. The third-order valence-corrected chi connectivity index (χ3v) is 5.49. The zero-order valence-electron chi connectivity index (χ0n) is 18.7. The Morgan fingerprint density at radius 2 is 1.78 bits per heavy atom. The molecule has 3 amide bonds. The molecule has 0 radical (unpaired) electrons. The second kappa shape index (κ2) is 12.8. The number of hydrogen-bond donors (Lipinski definition) is 3. The van der Waals surface area contributed by atoms with Gasteiger partial charge in [-0.15, -0.1) is 0 Å². The summed E-state index contributed by atoms with van der Waals surface area (Å²) >= 11 is 7.84. The number of methoxy groups -OCH3 is 1. The van der Waals surface area contributed by atoms with E-state index < -0.39 is 17.6 Å². The molecule has 9 nitrogen and oxygen atoms in total. The maximum absolute atomic E-state index is 13.6. The number of nitrogens with zero attached hydrogens (tertiary/aromatic N) is 1. The molecule has 0 fully saturated rings. The summed E-state index contributed by atoms with van der Waals surface area (Å²) in [4.78, 5) is 36.1. The SMILES string of the molecule is COc1cc(/C=N\NC(=O)C(=O)Nc2ccccc2F)cc(I)c1OCC(=O)Nc1ccc(Cl)cc1. The standard InChI is InChI=1S/C24H19ClFIN4O5/c1-35-20-11-14(12-28-31-24(34)23(33)30-19-5-3-2-4-17(19)26)10-18(27)22(20)36-13-21(32)29-16-8-6-15(25)7-9-16/h2-12H,13H2,1H3,(H,29,32)(H,30,33)(H,31,34)/b28-12-. The minimum atomic E-state index is -1.08. The molecule has 0 aliphatic heterocycles. The van der Waals surface area contributed by atoms with E-state index in [9.17, 15) is 18.8 Å². The zero-order valence-corrected chi connectivity index (χ0v) is 21.6. The van der Waals surface area contributed by atoms with Gasteiger partial charge >= 0.3 is 11.8 Å². The third kappa shape index (κ3) is 7.65. The maximum atomic E-state index is 13.6. The molecule has 0 aliphatic rings. The number of nitrogens with one attached hydrogen (secondary N) is 3. The van der Waals surface area contributed by atoms with Crippen molar-refractivity contribution in [2.45, 2.75) is 0 Å². The Kier molecular flexibility index (Phi) is 9.59. The van der Waals surface area contributed by atoms with Gasteiger partial charge in [0.25, 0.3) is 5.91 Å². The number of halogens is 3.